The van der Waals surface area contributed by atoms with E-state index in [1.807, 2.05) is 17.0 Å². The van der Waals surface area contributed by atoms with Crippen molar-refractivity contribution in [3.8, 4) is 11.4 Å². The normalized spacial score (nSPS) is 14.8. The van der Waals surface area contributed by atoms with Gasteiger partial charge in [0.2, 0.25) is 0 Å². The molecule has 4 rings (SSSR count). The summed E-state index contributed by atoms with van der Waals surface area (Å²) in [6, 6.07) is 13.7. The van der Waals surface area contributed by atoms with Crippen LogP contribution in [0.2, 0.25) is 0 Å². The molecule has 1 amide bonds. The third-order valence-electron chi connectivity index (χ3n) is 5.06. The molecule has 0 unspecified atom stereocenters. The molecule has 1 aliphatic heterocycles. The Morgan fingerprint density at radius 2 is 1.90 bits per heavy atom. The topological polar surface area (TPSA) is 63.5 Å². The van der Waals surface area contributed by atoms with Crippen LogP contribution in [0, 0.1) is 5.82 Å². The fourth-order valence-electron chi connectivity index (χ4n) is 3.47. The van der Waals surface area contributed by atoms with E-state index in [2.05, 4.69) is 15.2 Å². The summed E-state index contributed by atoms with van der Waals surface area (Å²) < 4.78 is 20.8. The van der Waals surface area contributed by atoms with Crippen LogP contribution >= 0.6 is 0 Å². The zero-order chi connectivity index (χ0) is 20.2. The van der Waals surface area contributed by atoms with E-state index in [1.165, 1.54) is 10.7 Å². The van der Waals surface area contributed by atoms with Crippen LogP contribution in [-0.4, -0.2) is 64.0 Å². The Labute approximate surface area is 168 Å². The smallest absolute Gasteiger partial charge is 0.254 e. The monoisotopic (exact) mass is 395 g/mol. The van der Waals surface area contributed by atoms with Gasteiger partial charge in [0.05, 0.1) is 19.0 Å². The van der Waals surface area contributed by atoms with Gasteiger partial charge in [-0.15, -0.1) is 5.10 Å². The lowest BCUT2D eigenvalue weighted by atomic mass is 10.1. The maximum absolute atomic E-state index is 14.1. The Balaban J connectivity index is 1.39. The molecule has 29 heavy (non-hydrogen) atoms. The van der Waals surface area contributed by atoms with Crippen molar-refractivity contribution in [2.24, 2.45) is 0 Å². The molecule has 0 bridgehead atoms. The lowest BCUT2D eigenvalue weighted by Crippen LogP contribution is -2.48. The first-order chi connectivity index (χ1) is 14.2. The Morgan fingerprint density at radius 1 is 1.10 bits per heavy atom. The molecule has 1 saturated heterocycles. The van der Waals surface area contributed by atoms with Crippen molar-refractivity contribution in [2.45, 2.75) is 6.54 Å². The molecular weight excluding hydrogens is 373 g/mol. The molecule has 3 aromatic rings. The van der Waals surface area contributed by atoms with Crippen molar-refractivity contribution in [3.63, 3.8) is 0 Å². The Kier molecular flexibility index (Phi) is 5.53. The van der Waals surface area contributed by atoms with Gasteiger partial charge in [0.15, 0.2) is 0 Å². The zero-order valence-electron chi connectivity index (χ0n) is 16.2. The molecule has 0 radical (unpaired) electrons. The van der Waals surface area contributed by atoms with Gasteiger partial charge in [0.1, 0.15) is 17.3 Å². The van der Waals surface area contributed by atoms with E-state index >= 15 is 0 Å². The molecule has 1 fully saturated rings. The molecule has 8 heteroatoms. The Morgan fingerprint density at radius 3 is 2.66 bits per heavy atom. The molecule has 2 heterocycles. The highest BCUT2D eigenvalue weighted by Crippen LogP contribution is 2.18. The number of carbonyl (C=O) groups is 1. The summed E-state index contributed by atoms with van der Waals surface area (Å²) in [6.07, 6.45) is 1.65. The van der Waals surface area contributed by atoms with Crippen molar-refractivity contribution >= 4 is 5.91 Å². The molecule has 150 valence electrons. The number of benzene rings is 2. The maximum atomic E-state index is 14.1. The van der Waals surface area contributed by atoms with Gasteiger partial charge in [-0.05, 0) is 30.3 Å². The second kappa shape index (κ2) is 8.40. The van der Waals surface area contributed by atoms with Gasteiger partial charge in [-0.25, -0.2) is 9.07 Å². The number of hydrogen-bond donors (Lipinski definition) is 0. The van der Waals surface area contributed by atoms with Crippen LogP contribution in [0.15, 0.2) is 54.7 Å². The van der Waals surface area contributed by atoms with Crippen molar-refractivity contribution in [1.29, 1.82) is 0 Å². The number of hydrogen-bond acceptors (Lipinski definition) is 5. The van der Waals surface area contributed by atoms with Crippen molar-refractivity contribution in [1.82, 2.24) is 24.8 Å². The fourth-order valence-corrected chi connectivity index (χ4v) is 3.47. The summed E-state index contributed by atoms with van der Waals surface area (Å²) >= 11 is 0. The lowest BCUT2D eigenvalue weighted by molar-refractivity contribution is 0.0625. The summed E-state index contributed by atoms with van der Waals surface area (Å²) in [4.78, 5) is 16.8. The standard InChI is InChI=1S/C21H22FN5O2/c1-29-18-6-4-5-16(13-18)21(28)26-11-9-25(10-12-26)15-17-14-23-24-27(17)20-8-3-2-7-19(20)22/h2-8,13-14H,9-12,15H2,1H3. The number of methoxy groups -OCH3 is 1. The molecule has 7 nitrogen and oxygen atoms in total. The van der Waals surface area contributed by atoms with Gasteiger partial charge in [-0.2, -0.15) is 0 Å². The zero-order valence-corrected chi connectivity index (χ0v) is 16.2. The number of piperazine rings is 1. The average molecular weight is 395 g/mol. The van der Waals surface area contributed by atoms with Crippen molar-refractivity contribution in [2.75, 3.05) is 33.3 Å². The van der Waals surface area contributed by atoms with Crippen LogP contribution in [0.3, 0.4) is 0 Å². The van der Waals surface area contributed by atoms with E-state index < -0.39 is 0 Å². The van der Waals surface area contributed by atoms with Crippen LogP contribution in [0.5, 0.6) is 5.75 Å². The van der Waals surface area contributed by atoms with E-state index in [0.717, 1.165) is 18.8 Å². The second-order valence-corrected chi connectivity index (χ2v) is 6.89. The largest absolute Gasteiger partial charge is 0.497 e. The fraction of sp³-hybridized carbons (Fsp3) is 0.286. The number of carbonyl (C=O) groups excluding carboxylic acids is 1. The molecule has 1 aromatic heterocycles. The van der Waals surface area contributed by atoms with Gasteiger partial charge >= 0.3 is 0 Å². The van der Waals surface area contributed by atoms with E-state index in [1.54, 1.807) is 43.6 Å². The predicted octanol–water partition coefficient (Wildman–Crippen LogP) is 2.37. The van der Waals surface area contributed by atoms with Crippen LogP contribution in [0.1, 0.15) is 16.1 Å². The number of ether oxygens (including phenoxy) is 1. The van der Waals surface area contributed by atoms with Gasteiger partial charge in [-0.1, -0.05) is 23.4 Å². The highest BCUT2D eigenvalue weighted by Gasteiger charge is 2.23. The minimum Gasteiger partial charge on any atom is -0.497 e. The Hall–Kier alpha value is -3.26. The molecular formula is C21H22FN5O2. The summed E-state index contributed by atoms with van der Waals surface area (Å²) in [5, 5.41) is 7.98. The highest BCUT2D eigenvalue weighted by molar-refractivity contribution is 5.94. The second-order valence-electron chi connectivity index (χ2n) is 6.89. The SMILES string of the molecule is COc1cccc(C(=O)N2CCN(Cc3cnnn3-c3ccccc3F)CC2)c1. The van der Waals surface area contributed by atoms with E-state index in [9.17, 15) is 9.18 Å². The van der Waals surface area contributed by atoms with Crippen LogP contribution in [0.4, 0.5) is 4.39 Å². The minimum absolute atomic E-state index is 0.00150. The first kappa shape index (κ1) is 19.1. The molecule has 1 aliphatic rings. The van der Waals surface area contributed by atoms with Gasteiger partial charge in [0, 0.05) is 38.3 Å². The molecule has 0 spiro atoms. The van der Waals surface area contributed by atoms with Gasteiger partial charge < -0.3 is 9.64 Å². The first-order valence-electron chi connectivity index (χ1n) is 9.46. The molecule has 2 aromatic carbocycles. The summed E-state index contributed by atoms with van der Waals surface area (Å²) in [5.41, 5.74) is 1.81. The van der Waals surface area contributed by atoms with E-state index in [4.69, 9.17) is 4.74 Å². The number of rotatable bonds is 5. The van der Waals surface area contributed by atoms with E-state index in [-0.39, 0.29) is 11.7 Å². The molecule has 0 aliphatic carbocycles. The number of aromatic nitrogens is 3. The molecule has 0 N–H and O–H groups in total. The average Bonchev–Trinajstić information content (AvgIpc) is 3.22. The van der Waals surface area contributed by atoms with Crippen LogP contribution in [-0.2, 0) is 6.54 Å². The number of amides is 1. The summed E-state index contributed by atoms with van der Waals surface area (Å²) in [6.45, 7) is 3.27. The first-order valence-corrected chi connectivity index (χ1v) is 9.46. The Bertz CT molecular complexity index is 998. The minimum atomic E-state index is -0.340. The molecule has 0 saturated carbocycles. The maximum Gasteiger partial charge on any atom is 0.254 e. The van der Waals surface area contributed by atoms with Crippen molar-refractivity contribution < 1.29 is 13.9 Å². The third kappa shape index (κ3) is 4.12. The van der Waals surface area contributed by atoms with Crippen LogP contribution in [0.25, 0.3) is 5.69 Å². The van der Waals surface area contributed by atoms with Gasteiger partial charge in [-0.3, -0.25) is 9.69 Å². The molecule has 0 atom stereocenters. The third-order valence-corrected chi connectivity index (χ3v) is 5.06. The van der Waals surface area contributed by atoms with E-state index in [0.29, 0.717) is 36.6 Å². The van der Waals surface area contributed by atoms with Crippen molar-refractivity contribution in [3.05, 3.63) is 71.8 Å². The highest BCUT2D eigenvalue weighted by atomic mass is 19.1. The lowest BCUT2D eigenvalue weighted by Gasteiger charge is -2.34. The van der Waals surface area contributed by atoms with Crippen LogP contribution < -0.4 is 4.74 Å². The summed E-state index contributed by atoms with van der Waals surface area (Å²) in [7, 11) is 1.59. The number of halogens is 1. The quantitative estimate of drug-likeness (QED) is 0.664. The van der Waals surface area contributed by atoms with Gasteiger partial charge in [0.25, 0.3) is 5.91 Å². The predicted molar refractivity (Wildman–Crippen MR) is 105 cm³/mol. The number of nitrogens with zero attached hydrogens (tertiary/aromatic N) is 5. The summed E-state index contributed by atoms with van der Waals surface area (Å²) in [5.74, 6) is 0.331. The number of para-hydroxylation sites is 1.